The maximum absolute atomic E-state index is 11.3. The monoisotopic (exact) mass is 284 g/mol. The molecule has 1 aliphatic heterocycles. The van der Waals surface area contributed by atoms with Crippen LogP contribution in [0.5, 0.6) is 0 Å². The Hall–Kier alpha value is -0.610. The smallest absolute Gasteiger partial charge is 0.309 e. The molecule has 0 bridgehead atoms. The van der Waals surface area contributed by atoms with Crippen LogP contribution in [0.15, 0.2) is 0 Å². The molecule has 2 N–H and O–H groups in total. The molecule has 1 saturated carbocycles. The molecule has 1 heterocycles. The number of aliphatic hydroxyl groups is 1. The Kier molecular flexibility index (Phi) is 4.45. The van der Waals surface area contributed by atoms with Crippen molar-refractivity contribution in [2.45, 2.75) is 83.0 Å². The van der Waals surface area contributed by atoms with Crippen molar-refractivity contribution in [1.82, 2.24) is 0 Å². The van der Waals surface area contributed by atoms with E-state index in [4.69, 9.17) is 4.74 Å². The van der Waals surface area contributed by atoms with E-state index in [1.54, 1.807) is 0 Å². The summed E-state index contributed by atoms with van der Waals surface area (Å²) in [5.74, 6) is -0.996. The summed E-state index contributed by atoms with van der Waals surface area (Å²) in [6.45, 7) is 5.61. The first-order valence-corrected chi connectivity index (χ1v) is 7.87. The molecule has 2 aliphatic rings. The molecule has 2 rings (SSSR count). The first-order valence-electron chi connectivity index (χ1n) is 7.87. The highest BCUT2D eigenvalue weighted by molar-refractivity contribution is 5.71. The first kappa shape index (κ1) is 15.8. The highest BCUT2D eigenvalue weighted by Gasteiger charge is 2.51. The van der Waals surface area contributed by atoms with Gasteiger partial charge in [-0.15, -0.1) is 0 Å². The van der Waals surface area contributed by atoms with Gasteiger partial charge >= 0.3 is 5.97 Å². The van der Waals surface area contributed by atoms with Crippen molar-refractivity contribution in [2.24, 2.45) is 11.8 Å². The standard InChI is InChI=1S/C16H28O4/c1-15(2)12(14(18)19)9-10-16(3,20-15)13(17)11-7-5-4-6-8-11/h11-13,17H,4-10H2,1-3H3,(H,18,19). The Morgan fingerprint density at radius 2 is 1.75 bits per heavy atom. The van der Waals surface area contributed by atoms with Gasteiger partial charge in [-0.05, 0) is 52.4 Å². The minimum absolute atomic E-state index is 0.297. The number of aliphatic hydroxyl groups excluding tert-OH is 1. The minimum Gasteiger partial charge on any atom is -0.481 e. The number of hydrogen-bond acceptors (Lipinski definition) is 3. The van der Waals surface area contributed by atoms with Gasteiger partial charge in [0.05, 0.1) is 23.2 Å². The van der Waals surface area contributed by atoms with E-state index in [-0.39, 0.29) is 0 Å². The SMILES string of the molecule is CC1(C)OC(C)(C(O)C2CCCCC2)CCC1C(=O)O. The molecule has 3 atom stereocenters. The van der Waals surface area contributed by atoms with Gasteiger partial charge in [-0.2, -0.15) is 0 Å². The molecule has 3 unspecified atom stereocenters. The van der Waals surface area contributed by atoms with Crippen LogP contribution >= 0.6 is 0 Å². The summed E-state index contributed by atoms with van der Waals surface area (Å²) in [5, 5.41) is 20.0. The van der Waals surface area contributed by atoms with Crippen LogP contribution in [0.3, 0.4) is 0 Å². The Morgan fingerprint density at radius 3 is 2.25 bits per heavy atom. The van der Waals surface area contributed by atoms with Crippen LogP contribution in [0, 0.1) is 11.8 Å². The van der Waals surface area contributed by atoms with Gasteiger partial charge in [-0.25, -0.2) is 0 Å². The molecule has 1 saturated heterocycles. The van der Waals surface area contributed by atoms with Crippen molar-refractivity contribution in [2.75, 3.05) is 0 Å². The fourth-order valence-corrected chi connectivity index (χ4v) is 4.08. The van der Waals surface area contributed by atoms with E-state index in [0.717, 1.165) is 12.8 Å². The lowest BCUT2D eigenvalue weighted by molar-refractivity contribution is -0.241. The van der Waals surface area contributed by atoms with E-state index in [1.165, 1.54) is 19.3 Å². The summed E-state index contributed by atoms with van der Waals surface area (Å²) < 4.78 is 6.12. The van der Waals surface area contributed by atoms with Crippen LogP contribution in [0.2, 0.25) is 0 Å². The molecule has 1 aliphatic carbocycles. The molecular formula is C16H28O4. The third kappa shape index (κ3) is 3.01. The second kappa shape index (κ2) is 5.64. The van der Waals surface area contributed by atoms with Crippen LogP contribution in [-0.2, 0) is 9.53 Å². The number of hydrogen-bond donors (Lipinski definition) is 2. The summed E-state index contributed by atoms with van der Waals surface area (Å²) in [6, 6.07) is 0. The molecule has 116 valence electrons. The summed E-state index contributed by atoms with van der Waals surface area (Å²) in [4.78, 5) is 11.3. The van der Waals surface area contributed by atoms with Crippen LogP contribution in [-0.4, -0.2) is 33.5 Å². The maximum Gasteiger partial charge on any atom is 0.309 e. The number of rotatable bonds is 3. The average molecular weight is 284 g/mol. The molecule has 0 aromatic carbocycles. The van der Waals surface area contributed by atoms with Gasteiger partial charge in [-0.3, -0.25) is 4.79 Å². The molecule has 0 aromatic rings. The lowest BCUT2D eigenvalue weighted by Gasteiger charge is -2.50. The predicted molar refractivity (Wildman–Crippen MR) is 76.5 cm³/mol. The summed E-state index contributed by atoms with van der Waals surface area (Å²) in [5.41, 5.74) is -1.34. The van der Waals surface area contributed by atoms with Crippen molar-refractivity contribution >= 4 is 5.97 Å². The van der Waals surface area contributed by atoms with Crippen molar-refractivity contribution in [3.05, 3.63) is 0 Å². The fraction of sp³-hybridized carbons (Fsp3) is 0.938. The largest absolute Gasteiger partial charge is 0.481 e. The molecule has 0 amide bonds. The minimum atomic E-state index is -0.802. The van der Waals surface area contributed by atoms with E-state index in [0.29, 0.717) is 18.8 Å². The van der Waals surface area contributed by atoms with Gasteiger partial charge in [0.15, 0.2) is 0 Å². The number of carbonyl (C=O) groups is 1. The summed E-state index contributed by atoms with van der Waals surface area (Å²) in [6.07, 6.45) is 6.43. The third-order valence-corrected chi connectivity index (χ3v) is 5.28. The van der Waals surface area contributed by atoms with Crippen molar-refractivity contribution < 1.29 is 19.7 Å². The molecule has 2 fully saturated rings. The zero-order valence-electron chi connectivity index (χ0n) is 12.9. The van der Waals surface area contributed by atoms with E-state index in [2.05, 4.69) is 0 Å². The molecule has 0 aromatic heterocycles. The third-order valence-electron chi connectivity index (χ3n) is 5.28. The zero-order chi connectivity index (χ0) is 15.0. The van der Waals surface area contributed by atoms with Gasteiger partial charge in [0, 0.05) is 0 Å². The topological polar surface area (TPSA) is 66.8 Å². The molecule has 0 radical (unpaired) electrons. The van der Waals surface area contributed by atoms with Gasteiger partial charge in [0.25, 0.3) is 0 Å². The van der Waals surface area contributed by atoms with Crippen LogP contribution < -0.4 is 0 Å². The normalized spacial score (nSPS) is 36.5. The van der Waals surface area contributed by atoms with E-state index < -0.39 is 29.2 Å². The predicted octanol–water partition coefficient (Wildman–Crippen LogP) is 2.98. The number of aliphatic carboxylic acids is 1. The zero-order valence-corrected chi connectivity index (χ0v) is 12.9. The fourth-order valence-electron chi connectivity index (χ4n) is 4.08. The van der Waals surface area contributed by atoms with Crippen molar-refractivity contribution in [3.8, 4) is 0 Å². The second-order valence-corrected chi connectivity index (χ2v) is 7.29. The molecule has 0 spiro atoms. The van der Waals surface area contributed by atoms with E-state index in [1.807, 2.05) is 20.8 Å². The van der Waals surface area contributed by atoms with Gasteiger partial charge in [0.2, 0.25) is 0 Å². The highest BCUT2D eigenvalue weighted by Crippen LogP contribution is 2.44. The van der Waals surface area contributed by atoms with Gasteiger partial charge < -0.3 is 14.9 Å². The van der Waals surface area contributed by atoms with E-state index in [9.17, 15) is 15.0 Å². The number of carboxylic acids is 1. The van der Waals surface area contributed by atoms with Crippen molar-refractivity contribution in [3.63, 3.8) is 0 Å². The summed E-state index contributed by atoms with van der Waals surface area (Å²) in [7, 11) is 0. The lowest BCUT2D eigenvalue weighted by atomic mass is 9.72. The Morgan fingerprint density at radius 1 is 1.15 bits per heavy atom. The first-order chi connectivity index (χ1) is 9.26. The van der Waals surface area contributed by atoms with Crippen LogP contribution in [0.1, 0.15) is 65.7 Å². The van der Waals surface area contributed by atoms with E-state index >= 15 is 0 Å². The number of ether oxygens (including phenoxy) is 1. The van der Waals surface area contributed by atoms with Crippen LogP contribution in [0.25, 0.3) is 0 Å². The Balaban J connectivity index is 2.09. The Labute approximate surface area is 121 Å². The molecule has 4 nitrogen and oxygen atoms in total. The van der Waals surface area contributed by atoms with Crippen LogP contribution in [0.4, 0.5) is 0 Å². The number of carboxylic acid groups (broad SMARTS) is 1. The summed E-state index contributed by atoms with van der Waals surface area (Å²) >= 11 is 0. The maximum atomic E-state index is 11.3. The Bertz CT molecular complexity index is 359. The second-order valence-electron chi connectivity index (χ2n) is 7.29. The molecule has 4 heteroatoms. The lowest BCUT2D eigenvalue weighted by Crippen LogP contribution is -2.58. The van der Waals surface area contributed by atoms with Gasteiger partial charge in [-0.1, -0.05) is 19.3 Å². The highest BCUT2D eigenvalue weighted by atomic mass is 16.5. The molecular weight excluding hydrogens is 256 g/mol. The molecule has 20 heavy (non-hydrogen) atoms. The van der Waals surface area contributed by atoms with Gasteiger partial charge in [0.1, 0.15) is 0 Å². The quantitative estimate of drug-likeness (QED) is 0.836. The average Bonchev–Trinajstić information content (AvgIpc) is 2.37. The van der Waals surface area contributed by atoms with Crippen molar-refractivity contribution in [1.29, 1.82) is 0 Å².